The summed E-state index contributed by atoms with van der Waals surface area (Å²) in [5.74, 6) is 0. The summed E-state index contributed by atoms with van der Waals surface area (Å²) in [4.78, 5) is 0.226. The Balaban J connectivity index is 2.43. The lowest BCUT2D eigenvalue weighted by Gasteiger charge is -2.21. The molecular formula is C18H18ClNO2S. The Labute approximate surface area is 142 Å². The molecule has 0 N–H and O–H groups in total. The highest BCUT2D eigenvalue weighted by Gasteiger charge is 2.22. The van der Waals surface area contributed by atoms with Gasteiger partial charge in [0.15, 0.2) is 0 Å². The van der Waals surface area contributed by atoms with Crippen LogP contribution in [0.2, 0.25) is 0 Å². The maximum Gasteiger partial charge on any atom is 0.264 e. The van der Waals surface area contributed by atoms with Crippen LogP contribution < -0.4 is 0 Å². The van der Waals surface area contributed by atoms with E-state index in [9.17, 15) is 8.42 Å². The third-order valence-corrected chi connectivity index (χ3v) is 5.24. The molecule has 120 valence electrons. The lowest BCUT2D eigenvalue weighted by molar-refractivity contribution is 0.495. The fraction of sp³-hybridized carbons (Fsp3) is 0.111. The van der Waals surface area contributed by atoms with Crippen molar-refractivity contribution in [2.24, 2.45) is 0 Å². The zero-order chi connectivity index (χ0) is 16.9. The van der Waals surface area contributed by atoms with Crippen molar-refractivity contribution in [1.29, 1.82) is 0 Å². The van der Waals surface area contributed by atoms with Crippen LogP contribution in [0.25, 0.3) is 0 Å². The largest absolute Gasteiger partial charge is 0.267 e. The van der Waals surface area contributed by atoms with E-state index < -0.39 is 10.0 Å². The van der Waals surface area contributed by atoms with Crippen molar-refractivity contribution in [3.05, 3.63) is 89.6 Å². The molecule has 0 fully saturated rings. The van der Waals surface area contributed by atoms with E-state index in [1.165, 1.54) is 16.6 Å². The summed E-state index contributed by atoms with van der Waals surface area (Å²) in [6, 6.07) is 16.1. The van der Waals surface area contributed by atoms with Gasteiger partial charge in [-0.05, 0) is 30.7 Å². The van der Waals surface area contributed by atoms with E-state index in [0.717, 1.165) is 11.1 Å². The first-order valence-corrected chi connectivity index (χ1v) is 8.87. The molecule has 0 saturated carbocycles. The number of aryl methyl sites for hydroxylation is 1. The number of rotatable bonds is 6. The minimum Gasteiger partial charge on any atom is -0.267 e. The molecular weight excluding hydrogens is 330 g/mol. The average Bonchev–Trinajstić information content (AvgIpc) is 2.55. The zero-order valence-corrected chi connectivity index (χ0v) is 14.4. The smallest absolute Gasteiger partial charge is 0.264 e. The molecule has 0 aliphatic heterocycles. The van der Waals surface area contributed by atoms with Crippen molar-refractivity contribution in [2.45, 2.75) is 18.4 Å². The topological polar surface area (TPSA) is 37.4 Å². The second kappa shape index (κ2) is 7.49. The average molecular weight is 348 g/mol. The summed E-state index contributed by atoms with van der Waals surface area (Å²) in [6.45, 7) is 5.67. The monoisotopic (exact) mass is 347 g/mol. The maximum atomic E-state index is 12.9. The van der Waals surface area contributed by atoms with Crippen LogP contribution >= 0.6 is 11.6 Å². The molecule has 0 heterocycles. The standard InChI is InChI=1S/C18H18ClNO2S/c1-3-17(19)14-20(13-16-7-5-4-6-8-16)23(21,22)18-11-9-15(2)10-12-18/h3-12,14H,1,13H2,2H3/b17-14-. The Morgan fingerprint density at radius 1 is 1.13 bits per heavy atom. The zero-order valence-electron chi connectivity index (χ0n) is 12.8. The molecule has 2 aromatic carbocycles. The van der Waals surface area contributed by atoms with E-state index in [2.05, 4.69) is 6.58 Å². The summed E-state index contributed by atoms with van der Waals surface area (Å²) in [7, 11) is -3.70. The van der Waals surface area contributed by atoms with E-state index in [4.69, 9.17) is 11.6 Å². The minimum atomic E-state index is -3.70. The van der Waals surface area contributed by atoms with Crippen LogP contribution in [0.15, 0.2) is 83.4 Å². The van der Waals surface area contributed by atoms with Crippen molar-refractivity contribution in [3.8, 4) is 0 Å². The van der Waals surface area contributed by atoms with Gasteiger partial charge in [0.05, 0.1) is 16.5 Å². The number of sulfonamides is 1. The van der Waals surface area contributed by atoms with Gasteiger partial charge in [-0.25, -0.2) is 8.42 Å². The van der Waals surface area contributed by atoms with Crippen molar-refractivity contribution in [2.75, 3.05) is 0 Å². The number of hydrogen-bond donors (Lipinski definition) is 0. The van der Waals surface area contributed by atoms with Crippen LogP contribution in [0.5, 0.6) is 0 Å². The number of allylic oxidation sites excluding steroid dienone is 2. The van der Waals surface area contributed by atoms with Gasteiger partial charge in [-0.15, -0.1) is 0 Å². The molecule has 2 rings (SSSR count). The molecule has 23 heavy (non-hydrogen) atoms. The highest BCUT2D eigenvalue weighted by molar-refractivity contribution is 7.89. The van der Waals surface area contributed by atoms with Crippen molar-refractivity contribution < 1.29 is 8.42 Å². The van der Waals surface area contributed by atoms with Crippen LogP contribution in [0.1, 0.15) is 11.1 Å². The van der Waals surface area contributed by atoms with Gasteiger partial charge in [0.25, 0.3) is 10.0 Å². The molecule has 0 aliphatic rings. The highest BCUT2D eigenvalue weighted by atomic mass is 35.5. The van der Waals surface area contributed by atoms with Crippen LogP contribution in [-0.2, 0) is 16.6 Å². The molecule has 0 aromatic heterocycles. The van der Waals surface area contributed by atoms with Crippen LogP contribution in [0, 0.1) is 6.92 Å². The Bertz CT molecular complexity index is 797. The fourth-order valence-corrected chi connectivity index (χ4v) is 3.50. The molecule has 2 aromatic rings. The fourth-order valence-electron chi connectivity index (χ4n) is 2.00. The molecule has 0 aliphatic carbocycles. The van der Waals surface area contributed by atoms with E-state index in [1.54, 1.807) is 24.3 Å². The third-order valence-electron chi connectivity index (χ3n) is 3.27. The maximum absolute atomic E-state index is 12.9. The first-order valence-electron chi connectivity index (χ1n) is 7.05. The summed E-state index contributed by atoms with van der Waals surface area (Å²) in [6.07, 6.45) is 2.79. The van der Waals surface area contributed by atoms with E-state index in [1.807, 2.05) is 37.3 Å². The highest BCUT2D eigenvalue weighted by Crippen LogP contribution is 2.21. The van der Waals surface area contributed by atoms with Crippen LogP contribution in [0.4, 0.5) is 0 Å². The van der Waals surface area contributed by atoms with Crippen LogP contribution in [-0.4, -0.2) is 12.7 Å². The van der Waals surface area contributed by atoms with Crippen molar-refractivity contribution in [3.63, 3.8) is 0 Å². The molecule has 0 bridgehead atoms. The normalized spacial score (nSPS) is 12.0. The first-order chi connectivity index (χ1) is 10.9. The number of halogens is 1. The lowest BCUT2D eigenvalue weighted by atomic mass is 10.2. The Morgan fingerprint density at radius 3 is 2.30 bits per heavy atom. The number of nitrogens with zero attached hydrogens (tertiary/aromatic N) is 1. The number of hydrogen-bond acceptors (Lipinski definition) is 2. The Kier molecular flexibility index (Phi) is 5.64. The van der Waals surface area contributed by atoms with Gasteiger partial charge in [0, 0.05) is 6.20 Å². The van der Waals surface area contributed by atoms with Crippen molar-refractivity contribution >= 4 is 21.6 Å². The van der Waals surface area contributed by atoms with Gasteiger partial charge in [-0.3, -0.25) is 4.31 Å². The predicted molar refractivity (Wildman–Crippen MR) is 94.5 cm³/mol. The lowest BCUT2D eigenvalue weighted by Crippen LogP contribution is -2.26. The summed E-state index contributed by atoms with van der Waals surface area (Å²) < 4.78 is 27.0. The Hall–Kier alpha value is -2.04. The van der Waals surface area contributed by atoms with Gasteiger partial charge in [0.1, 0.15) is 0 Å². The third kappa shape index (κ3) is 4.47. The molecule has 0 amide bonds. The molecule has 0 spiro atoms. The van der Waals surface area contributed by atoms with Crippen LogP contribution in [0.3, 0.4) is 0 Å². The van der Waals surface area contributed by atoms with Gasteiger partial charge in [-0.1, -0.05) is 66.2 Å². The first kappa shape index (κ1) is 17.3. The molecule has 0 atom stereocenters. The number of benzene rings is 2. The van der Waals surface area contributed by atoms with Gasteiger partial charge in [-0.2, -0.15) is 0 Å². The molecule has 0 unspecified atom stereocenters. The van der Waals surface area contributed by atoms with E-state index >= 15 is 0 Å². The van der Waals surface area contributed by atoms with Gasteiger partial charge < -0.3 is 0 Å². The SMILES string of the molecule is C=C/C(Cl)=C/N(Cc1ccccc1)S(=O)(=O)c1ccc(C)cc1. The molecule has 0 saturated heterocycles. The van der Waals surface area contributed by atoms with Gasteiger partial charge in [0.2, 0.25) is 0 Å². The van der Waals surface area contributed by atoms with E-state index in [-0.39, 0.29) is 16.5 Å². The summed E-state index contributed by atoms with van der Waals surface area (Å²) in [5, 5.41) is 0.261. The second-order valence-corrected chi connectivity index (χ2v) is 7.39. The summed E-state index contributed by atoms with van der Waals surface area (Å²) >= 11 is 5.98. The molecule has 3 nitrogen and oxygen atoms in total. The van der Waals surface area contributed by atoms with Crippen molar-refractivity contribution in [1.82, 2.24) is 4.31 Å². The van der Waals surface area contributed by atoms with Gasteiger partial charge >= 0.3 is 0 Å². The quantitative estimate of drug-likeness (QED) is 0.724. The Morgan fingerprint density at radius 2 is 1.74 bits per heavy atom. The second-order valence-electron chi connectivity index (χ2n) is 5.07. The molecule has 5 heteroatoms. The van der Waals surface area contributed by atoms with E-state index in [0.29, 0.717) is 0 Å². The molecule has 0 radical (unpaired) electrons. The minimum absolute atomic E-state index is 0.196. The predicted octanol–water partition coefficient (Wildman–Crippen LogP) is 4.45. The summed E-state index contributed by atoms with van der Waals surface area (Å²) in [5.41, 5.74) is 1.87.